The van der Waals surface area contributed by atoms with Crippen LogP contribution in [0.2, 0.25) is 0 Å². The topological polar surface area (TPSA) is 83.4 Å². The van der Waals surface area contributed by atoms with Crippen LogP contribution in [0.25, 0.3) is 0 Å². The number of halogens is 1. The first kappa shape index (κ1) is 20.0. The van der Waals surface area contributed by atoms with Gasteiger partial charge in [-0.05, 0) is 23.3 Å². The summed E-state index contributed by atoms with van der Waals surface area (Å²) in [6, 6.07) is 16.6. The molecule has 2 aromatic rings. The predicted molar refractivity (Wildman–Crippen MR) is 86.3 cm³/mol. The first-order valence-electron chi connectivity index (χ1n) is 7.63. The van der Waals surface area contributed by atoms with Gasteiger partial charge in [-0.2, -0.15) is 0 Å². The van der Waals surface area contributed by atoms with Crippen LogP contribution in [-0.2, 0) is 11.2 Å². The number of carboxylic acid groups (broad SMARTS) is 1. The van der Waals surface area contributed by atoms with Crippen molar-refractivity contribution in [3.8, 4) is 5.75 Å². The van der Waals surface area contributed by atoms with Crippen LogP contribution in [-0.4, -0.2) is 35.9 Å². The SMILES string of the molecule is O=C(O)Cc1ccc(OCC[NH2+]C[C@H](O)c2ccccc2)cc1.[Cl-]. The van der Waals surface area contributed by atoms with E-state index in [1.807, 2.05) is 35.6 Å². The standard InChI is InChI=1S/C18H21NO4.ClH/c20-17(15-4-2-1-3-5-15)13-19-10-11-23-16-8-6-14(7-9-16)12-18(21)22;/h1-9,17,19-20H,10-13H2,(H,21,22);1H/t17-;/m0./s1. The third-order valence-electron chi connectivity index (χ3n) is 3.44. The second kappa shape index (κ2) is 10.6. The lowest BCUT2D eigenvalue weighted by molar-refractivity contribution is -0.662. The van der Waals surface area contributed by atoms with E-state index in [1.54, 1.807) is 24.3 Å². The molecule has 0 radical (unpaired) electrons. The van der Waals surface area contributed by atoms with Crippen molar-refractivity contribution in [1.29, 1.82) is 0 Å². The van der Waals surface area contributed by atoms with Crippen molar-refractivity contribution >= 4 is 5.97 Å². The second-order valence-electron chi connectivity index (χ2n) is 5.30. The number of aliphatic hydroxyl groups is 1. The minimum absolute atomic E-state index is 0. The van der Waals surface area contributed by atoms with Gasteiger partial charge in [0.25, 0.3) is 0 Å². The van der Waals surface area contributed by atoms with E-state index in [4.69, 9.17) is 9.84 Å². The summed E-state index contributed by atoms with van der Waals surface area (Å²) < 4.78 is 5.59. The molecular formula is C18H22ClNO4. The smallest absolute Gasteiger partial charge is 0.307 e. The first-order valence-corrected chi connectivity index (χ1v) is 7.63. The van der Waals surface area contributed by atoms with E-state index in [-0.39, 0.29) is 18.8 Å². The molecule has 2 rings (SSSR count). The molecule has 0 aliphatic heterocycles. The van der Waals surface area contributed by atoms with E-state index in [0.29, 0.717) is 13.2 Å². The van der Waals surface area contributed by atoms with Crippen LogP contribution in [0, 0.1) is 0 Å². The number of quaternary nitrogens is 1. The maximum atomic E-state index is 10.6. The molecule has 5 nitrogen and oxygen atoms in total. The summed E-state index contributed by atoms with van der Waals surface area (Å²) in [6.07, 6.45) is -0.461. The number of benzene rings is 2. The van der Waals surface area contributed by atoms with Crippen LogP contribution in [0.15, 0.2) is 54.6 Å². The summed E-state index contributed by atoms with van der Waals surface area (Å²) >= 11 is 0. The summed E-state index contributed by atoms with van der Waals surface area (Å²) in [5.74, 6) is -0.124. The Labute approximate surface area is 147 Å². The van der Waals surface area contributed by atoms with Gasteiger partial charge in [-0.15, -0.1) is 0 Å². The molecular weight excluding hydrogens is 330 g/mol. The molecule has 6 heteroatoms. The Kier molecular flexibility index (Phi) is 8.86. The molecule has 0 unspecified atom stereocenters. The van der Waals surface area contributed by atoms with Crippen LogP contribution in [0.4, 0.5) is 0 Å². The van der Waals surface area contributed by atoms with Crippen LogP contribution in [0.1, 0.15) is 17.2 Å². The molecule has 0 aliphatic rings. The van der Waals surface area contributed by atoms with Crippen LogP contribution in [0.5, 0.6) is 5.75 Å². The fourth-order valence-corrected chi connectivity index (χ4v) is 2.23. The highest BCUT2D eigenvalue weighted by atomic mass is 35.5. The lowest BCUT2D eigenvalue weighted by atomic mass is 10.1. The van der Waals surface area contributed by atoms with Gasteiger partial charge >= 0.3 is 5.97 Å². The molecule has 130 valence electrons. The average Bonchev–Trinajstić information content (AvgIpc) is 2.56. The van der Waals surface area contributed by atoms with Gasteiger partial charge in [0.05, 0.1) is 6.42 Å². The number of carboxylic acids is 1. The first-order chi connectivity index (χ1) is 11.1. The molecule has 0 saturated heterocycles. The molecule has 0 bridgehead atoms. The minimum Gasteiger partial charge on any atom is -1.00 e. The molecule has 2 aromatic carbocycles. The average molecular weight is 352 g/mol. The highest BCUT2D eigenvalue weighted by Gasteiger charge is 2.08. The van der Waals surface area contributed by atoms with E-state index < -0.39 is 12.1 Å². The Morgan fingerprint density at radius 2 is 1.75 bits per heavy atom. The van der Waals surface area contributed by atoms with Gasteiger partial charge in [-0.3, -0.25) is 4.79 Å². The van der Waals surface area contributed by atoms with Gasteiger partial charge in [0, 0.05) is 0 Å². The van der Waals surface area contributed by atoms with E-state index >= 15 is 0 Å². The van der Waals surface area contributed by atoms with E-state index in [1.165, 1.54) is 0 Å². The number of nitrogens with two attached hydrogens (primary N) is 1. The van der Waals surface area contributed by atoms with E-state index in [2.05, 4.69) is 0 Å². The maximum Gasteiger partial charge on any atom is 0.307 e. The van der Waals surface area contributed by atoms with Crippen LogP contribution < -0.4 is 22.5 Å². The largest absolute Gasteiger partial charge is 1.00 e. The molecule has 0 spiro atoms. The minimum atomic E-state index is -0.842. The van der Waals surface area contributed by atoms with Crippen molar-refractivity contribution in [1.82, 2.24) is 0 Å². The number of carbonyl (C=O) groups is 1. The third-order valence-corrected chi connectivity index (χ3v) is 3.44. The van der Waals surface area contributed by atoms with Crippen LogP contribution >= 0.6 is 0 Å². The molecule has 0 amide bonds. The molecule has 4 N–H and O–H groups in total. The molecule has 24 heavy (non-hydrogen) atoms. The zero-order chi connectivity index (χ0) is 16.5. The number of hydrogen-bond donors (Lipinski definition) is 3. The molecule has 0 fully saturated rings. The highest BCUT2D eigenvalue weighted by molar-refractivity contribution is 5.70. The Morgan fingerprint density at radius 3 is 2.38 bits per heavy atom. The summed E-state index contributed by atoms with van der Waals surface area (Å²) in [4.78, 5) is 10.6. The number of ether oxygens (including phenoxy) is 1. The zero-order valence-electron chi connectivity index (χ0n) is 13.3. The van der Waals surface area contributed by atoms with Crippen molar-refractivity contribution in [2.45, 2.75) is 12.5 Å². The Morgan fingerprint density at radius 1 is 1.08 bits per heavy atom. The van der Waals surface area contributed by atoms with Crippen molar-refractivity contribution in [2.75, 3.05) is 19.7 Å². The van der Waals surface area contributed by atoms with Crippen molar-refractivity contribution in [3.63, 3.8) is 0 Å². The Balaban J connectivity index is 0.00000288. The van der Waals surface area contributed by atoms with Crippen molar-refractivity contribution < 1.29 is 37.5 Å². The summed E-state index contributed by atoms with van der Waals surface area (Å²) in [6.45, 7) is 1.85. The summed E-state index contributed by atoms with van der Waals surface area (Å²) in [5, 5.41) is 20.7. The monoisotopic (exact) mass is 351 g/mol. The van der Waals surface area contributed by atoms with Gasteiger partial charge in [0.2, 0.25) is 0 Å². The van der Waals surface area contributed by atoms with Crippen molar-refractivity contribution in [2.24, 2.45) is 0 Å². The fraction of sp³-hybridized carbons (Fsp3) is 0.278. The Bertz CT molecular complexity index is 604. The van der Waals surface area contributed by atoms with Gasteiger partial charge in [-0.25, -0.2) is 0 Å². The molecule has 0 aromatic heterocycles. The highest BCUT2D eigenvalue weighted by Crippen LogP contribution is 2.12. The second-order valence-corrected chi connectivity index (χ2v) is 5.30. The van der Waals surface area contributed by atoms with Gasteiger partial charge < -0.3 is 32.7 Å². The molecule has 0 heterocycles. The van der Waals surface area contributed by atoms with Crippen LogP contribution in [0.3, 0.4) is 0 Å². The summed E-state index contributed by atoms with van der Waals surface area (Å²) in [7, 11) is 0. The van der Waals surface area contributed by atoms with E-state index in [9.17, 15) is 9.90 Å². The lowest BCUT2D eigenvalue weighted by Gasteiger charge is -2.10. The summed E-state index contributed by atoms with van der Waals surface area (Å²) in [5.41, 5.74) is 1.67. The Hall–Kier alpha value is -2.08. The number of rotatable bonds is 9. The number of hydrogen-bond acceptors (Lipinski definition) is 3. The lowest BCUT2D eigenvalue weighted by Crippen LogP contribution is -3.00. The zero-order valence-corrected chi connectivity index (χ0v) is 14.0. The fourth-order valence-electron chi connectivity index (χ4n) is 2.23. The molecule has 0 aliphatic carbocycles. The molecule has 1 atom stereocenters. The molecule has 0 saturated carbocycles. The third kappa shape index (κ3) is 7.00. The van der Waals surface area contributed by atoms with Gasteiger partial charge in [-0.1, -0.05) is 42.5 Å². The number of aliphatic carboxylic acids is 1. The van der Waals surface area contributed by atoms with Gasteiger partial charge in [0.1, 0.15) is 31.5 Å². The maximum absolute atomic E-state index is 10.6. The normalized spacial score (nSPS) is 11.4. The van der Waals surface area contributed by atoms with Crippen molar-refractivity contribution in [3.05, 3.63) is 65.7 Å². The van der Waals surface area contributed by atoms with Gasteiger partial charge in [0.15, 0.2) is 0 Å². The predicted octanol–water partition coefficient (Wildman–Crippen LogP) is -2.01. The van der Waals surface area contributed by atoms with E-state index in [0.717, 1.165) is 23.4 Å². The number of aliphatic hydroxyl groups excluding tert-OH is 1. The quantitative estimate of drug-likeness (QED) is 0.456.